The molecule has 1 aliphatic heterocycles. The van der Waals surface area contributed by atoms with Gasteiger partial charge in [-0.3, -0.25) is 9.89 Å². The van der Waals surface area contributed by atoms with Gasteiger partial charge in [-0.05, 0) is 47.2 Å². The number of amides is 1. The van der Waals surface area contributed by atoms with Crippen LogP contribution < -0.4 is 10.6 Å². The van der Waals surface area contributed by atoms with Gasteiger partial charge in [0.05, 0.1) is 6.04 Å². The molecular weight excluding hydrogens is 445 g/mol. The molecular formula is C18H38IN5O2. The number of nitrogens with zero attached hydrogens (tertiary/aromatic N) is 3. The second-order valence-electron chi connectivity index (χ2n) is 7.58. The van der Waals surface area contributed by atoms with E-state index in [2.05, 4.69) is 46.2 Å². The van der Waals surface area contributed by atoms with E-state index < -0.39 is 5.60 Å². The van der Waals surface area contributed by atoms with Crippen molar-refractivity contribution in [3.63, 3.8) is 0 Å². The molecule has 2 unspecified atom stereocenters. The van der Waals surface area contributed by atoms with Crippen LogP contribution in [0.25, 0.3) is 0 Å². The topological polar surface area (TPSA) is 69.2 Å². The number of guanidine groups is 1. The standard InChI is InChI=1S/C18H37N5O2.HI/c1-8-22(9-2)14(3)12-20-16(19-7)23-11-10-15(13-23)21-17(24)25-18(4,5)6;/h14-15H,8-13H2,1-7H3,(H,19,20)(H,21,24);1H. The van der Waals surface area contributed by atoms with Gasteiger partial charge in [0.15, 0.2) is 5.96 Å². The first-order chi connectivity index (χ1) is 11.7. The summed E-state index contributed by atoms with van der Waals surface area (Å²) in [6, 6.07) is 0.540. The van der Waals surface area contributed by atoms with Crippen LogP contribution in [0.2, 0.25) is 0 Å². The Hall–Kier alpha value is -0.770. The smallest absolute Gasteiger partial charge is 0.407 e. The molecule has 0 aromatic rings. The van der Waals surface area contributed by atoms with E-state index in [9.17, 15) is 4.79 Å². The Morgan fingerprint density at radius 3 is 2.46 bits per heavy atom. The molecule has 154 valence electrons. The number of hydrogen-bond acceptors (Lipinski definition) is 4. The third-order valence-corrected chi connectivity index (χ3v) is 4.41. The van der Waals surface area contributed by atoms with Crippen molar-refractivity contribution in [1.82, 2.24) is 20.4 Å². The average Bonchev–Trinajstić information content (AvgIpc) is 2.95. The Balaban J connectivity index is 0.00000625. The maximum atomic E-state index is 11.9. The number of hydrogen-bond donors (Lipinski definition) is 2. The molecule has 2 N–H and O–H groups in total. The van der Waals surface area contributed by atoms with Gasteiger partial charge in [0.2, 0.25) is 0 Å². The van der Waals surface area contributed by atoms with Gasteiger partial charge < -0.3 is 20.3 Å². The zero-order valence-electron chi connectivity index (χ0n) is 17.5. The van der Waals surface area contributed by atoms with Crippen molar-refractivity contribution in [3.05, 3.63) is 0 Å². The van der Waals surface area contributed by atoms with Crippen LogP contribution in [-0.4, -0.2) is 79.3 Å². The van der Waals surface area contributed by atoms with Gasteiger partial charge in [-0.2, -0.15) is 0 Å². The highest BCUT2D eigenvalue weighted by molar-refractivity contribution is 14.0. The number of ether oxygens (including phenoxy) is 1. The first-order valence-electron chi connectivity index (χ1n) is 9.39. The van der Waals surface area contributed by atoms with E-state index in [1.807, 2.05) is 20.8 Å². The van der Waals surface area contributed by atoms with E-state index >= 15 is 0 Å². The number of likely N-dealkylation sites (N-methyl/N-ethyl adjacent to an activating group) is 1. The third kappa shape index (κ3) is 8.75. The maximum Gasteiger partial charge on any atom is 0.407 e. The van der Waals surface area contributed by atoms with Crippen LogP contribution in [0, 0.1) is 0 Å². The van der Waals surface area contributed by atoms with E-state index in [1.54, 1.807) is 7.05 Å². The van der Waals surface area contributed by atoms with Gasteiger partial charge in [-0.1, -0.05) is 13.8 Å². The van der Waals surface area contributed by atoms with E-state index in [0.29, 0.717) is 6.04 Å². The first kappa shape index (κ1) is 25.2. The first-order valence-corrected chi connectivity index (χ1v) is 9.39. The molecule has 0 spiro atoms. The fourth-order valence-corrected chi connectivity index (χ4v) is 3.09. The molecule has 1 aliphatic rings. The van der Waals surface area contributed by atoms with Crippen LogP contribution in [0.5, 0.6) is 0 Å². The van der Waals surface area contributed by atoms with Gasteiger partial charge in [-0.15, -0.1) is 24.0 Å². The summed E-state index contributed by atoms with van der Waals surface area (Å²) in [6.07, 6.45) is 0.545. The predicted octanol–water partition coefficient (Wildman–Crippen LogP) is 2.51. The van der Waals surface area contributed by atoms with Crippen LogP contribution in [-0.2, 0) is 4.74 Å². The van der Waals surface area contributed by atoms with Crippen molar-refractivity contribution in [2.45, 2.75) is 65.6 Å². The molecule has 1 fully saturated rings. The highest BCUT2D eigenvalue weighted by Crippen LogP contribution is 2.12. The highest BCUT2D eigenvalue weighted by atomic mass is 127. The summed E-state index contributed by atoms with van der Waals surface area (Å²) in [6.45, 7) is 16.8. The molecule has 7 nitrogen and oxygen atoms in total. The Morgan fingerprint density at radius 1 is 1.35 bits per heavy atom. The Labute approximate surface area is 176 Å². The summed E-state index contributed by atoms with van der Waals surface area (Å²) in [5.41, 5.74) is -0.472. The summed E-state index contributed by atoms with van der Waals surface area (Å²) in [7, 11) is 1.80. The molecule has 0 aliphatic carbocycles. The summed E-state index contributed by atoms with van der Waals surface area (Å²) < 4.78 is 5.33. The molecule has 0 aromatic carbocycles. The molecule has 1 rings (SSSR count). The summed E-state index contributed by atoms with van der Waals surface area (Å²) >= 11 is 0. The average molecular weight is 483 g/mol. The van der Waals surface area contributed by atoms with E-state index in [-0.39, 0.29) is 36.1 Å². The fourth-order valence-electron chi connectivity index (χ4n) is 3.09. The van der Waals surface area contributed by atoms with Crippen LogP contribution in [0.15, 0.2) is 4.99 Å². The molecule has 1 heterocycles. The van der Waals surface area contributed by atoms with Gasteiger partial charge in [-0.25, -0.2) is 4.79 Å². The quantitative estimate of drug-likeness (QED) is 0.345. The third-order valence-electron chi connectivity index (χ3n) is 4.41. The van der Waals surface area contributed by atoms with Crippen molar-refractivity contribution in [2.24, 2.45) is 4.99 Å². The molecule has 26 heavy (non-hydrogen) atoms. The highest BCUT2D eigenvalue weighted by Gasteiger charge is 2.28. The van der Waals surface area contributed by atoms with Crippen LogP contribution in [0.3, 0.4) is 0 Å². The van der Waals surface area contributed by atoms with Crippen molar-refractivity contribution < 1.29 is 9.53 Å². The lowest BCUT2D eigenvalue weighted by Crippen LogP contribution is -2.48. The molecule has 0 radical (unpaired) electrons. The zero-order chi connectivity index (χ0) is 19.0. The Kier molecular flexibility index (Phi) is 11.5. The van der Waals surface area contributed by atoms with E-state index in [4.69, 9.17) is 4.74 Å². The van der Waals surface area contributed by atoms with Crippen molar-refractivity contribution in [1.29, 1.82) is 0 Å². The lowest BCUT2D eigenvalue weighted by molar-refractivity contribution is 0.0507. The molecule has 1 saturated heterocycles. The number of carbonyl (C=O) groups excluding carboxylic acids is 1. The summed E-state index contributed by atoms with van der Waals surface area (Å²) in [5.74, 6) is 0.896. The molecule has 1 amide bonds. The van der Waals surface area contributed by atoms with Gasteiger partial charge >= 0.3 is 6.09 Å². The largest absolute Gasteiger partial charge is 0.444 e. The minimum absolute atomic E-state index is 0. The number of nitrogens with one attached hydrogen (secondary N) is 2. The number of carbonyl (C=O) groups is 1. The van der Waals surface area contributed by atoms with Gasteiger partial charge in [0.25, 0.3) is 0 Å². The zero-order valence-corrected chi connectivity index (χ0v) is 19.8. The van der Waals surface area contributed by atoms with Gasteiger partial charge in [0.1, 0.15) is 5.60 Å². The summed E-state index contributed by atoms with van der Waals surface area (Å²) in [4.78, 5) is 20.9. The van der Waals surface area contributed by atoms with E-state index in [0.717, 1.165) is 45.1 Å². The van der Waals surface area contributed by atoms with E-state index in [1.165, 1.54) is 0 Å². The van der Waals surface area contributed by atoms with Crippen LogP contribution in [0.1, 0.15) is 48.0 Å². The number of halogens is 1. The fraction of sp³-hybridized carbons (Fsp3) is 0.889. The van der Waals surface area contributed by atoms with Crippen LogP contribution in [0.4, 0.5) is 4.79 Å². The predicted molar refractivity (Wildman–Crippen MR) is 119 cm³/mol. The van der Waals surface area contributed by atoms with Gasteiger partial charge in [0, 0.05) is 32.7 Å². The maximum absolute atomic E-state index is 11.9. The molecule has 2 atom stereocenters. The number of aliphatic imine (C=N–C) groups is 1. The Bertz CT molecular complexity index is 449. The molecule has 0 aromatic heterocycles. The summed E-state index contributed by atoms with van der Waals surface area (Å²) in [5, 5.41) is 6.41. The monoisotopic (exact) mass is 483 g/mol. The lowest BCUT2D eigenvalue weighted by atomic mass is 10.2. The Morgan fingerprint density at radius 2 is 1.96 bits per heavy atom. The number of rotatable bonds is 6. The van der Waals surface area contributed by atoms with Crippen molar-refractivity contribution in [3.8, 4) is 0 Å². The van der Waals surface area contributed by atoms with Crippen molar-refractivity contribution >= 4 is 36.0 Å². The van der Waals surface area contributed by atoms with Crippen LogP contribution >= 0.6 is 24.0 Å². The SMILES string of the molecule is CCN(CC)C(C)CNC(=NC)N1CCC(NC(=O)OC(C)(C)C)C1.I. The molecule has 0 bridgehead atoms. The molecule has 8 heteroatoms. The number of alkyl carbamates (subject to hydrolysis) is 1. The lowest BCUT2D eigenvalue weighted by Gasteiger charge is -2.29. The second-order valence-corrected chi connectivity index (χ2v) is 7.58. The normalized spacial score (nSPS) is 19.2. The van der Waals surface area contributed by atoms with Crippen molar-refractivity contribution in [2.75, 3.05) is 39.8 Å². The molecule has 0 saturated carbocycles. The second kappa shape index (κ2) is 11.8. The number of likely N-dealkylation sites (tertiary alicyclic amines) is 1. The minimum atomic E-state index is -0.472. The minimum Gasteiger partial charge on any atom is -0.444 e.